The van der Waals surface area contributed by atoms with Crippen LogP contribution in [0.3, 0.4) is 0 Å². The highest BCUT2D eigenvalue weighted by Gasteiger charge is 2.32. The minimum atomic E-state index is -1.08. The van der Waals surface area contributed by atoms with Gasteiger partial charge >= 0.3 is 0 Å². The molecule has 0 aromatic rings. The van der Waals surface area contributed by atoms with E-state index in [0.29, 0.717) is 6.42 Å². The molecule has 0 aromatic heterocycles. The van der Waals surface area contributed by atoms with Crippen molar-refractivity contribution in [3.05, 3.63) is 15.0 Å². The number of amides is 1. The molecule has 110 valence electrons. The molecular weight excluding hydrogens is 250 g/mol. The van der Waals surface area contributed by atoms with E-state index in [0.717, 1.165) is 0 Å². The van der Waals surface area contributed by atoms with Gasteiger partial charge in [0, 0.05) is 23.3 Å². The van der Waals surface area contributed by atoms with Crippen LogP contribution < -0.4 is 5.32 Å². The molecule has 0 spiro atoms. The second-order valence-electron chi connectivity index (χ2n) is 5.79. The molecule has 1 amide bonds. The molecule has 3 unspecified atom stereocenters. The summed E-state index contributed by atoms with van der Waals surface area (Å²) in [6.07, 6.45) is 0.626. The van der Waals surface area contributed by atoms with Crippen LogP contribution in [0.1, 0.15) is 47.5 Å². The monoisotopic (exact) mass is 273 g/mol. The SMILES string of the molecule is CCC(CC(N=O)C(=O)NC(C)(C)C)C(C)[N+](=O)[O-]. The number of nitrogens with one attached hydrogen (secondary N) is 1. The van der Waals surface area contributed by atoms with Gasteiger partial charge in [0.25, 0.3) is 0 Å². The Labute approximate surface area is 113 Å². The number of nitroso groups, excluding NO2 is 1. The summed E-state index contributed by atoms with van der Waals surface area (Å²) in [6, 6.07) is -1.87. The Balaban J connectivity index is 4.74. The maximum Gasteiger partial charge on any atom is 0.248 e. The standard InChI is InChI=1S/C12H23N3O4/c1-6-9(8(2)15(18)19)7-10(14-17)11(16)13-12(3,4)5/h8-10H,6-7H2,1-5H3,(H,13,16). The van der Waals surface area contributed by atoms with Gasteiger partial charge in [0.1, 0.15) is 0 Å². The third kappa shape index (κ3) is 6.26. The molecule has 0 heterocycles. The summed E-state index contributed by atoms with van der Waals surface area (Å²) in [7, 11) is 0. The number of carbonyl (C=O) groups is 1. The van der Waals surface area contributed by atoms with E-state index in [9.17, 15) is 19.8 Å². The lowest BCUT2D eigenvalue weighted by Gasteiger charge is -2.24. The van der Waals surface area contributed by atoms with E-state index >= 15 is 0 Å². The Hall–Kier alpha value is -1.53. The molecule has 0 saturated heterocycles. The van der Waals surface area contributed by atoms with Crippen molar-refractivity contribution in [2.75, 3.05) is 0 Å². The predicted molar refractivity (Wildman–Crippen MR) is 72.3 cm³/mol. The van der Waals surface area contributed by atoms with Crippen molar-refractivity contribution in [3.8, 4) is 0 Å². The van der Waals surface area contributed by atoms with Gasteiger partial charge in [0.05, 0.1) is 0 Å². The Morgan fingerprint density at radius 3 is 2.26 bits per heavy atom. The minimum Gasteiger partial charge on any atom is -0.350 e. The molecule has 0 saturated carbocycles. The Morgan fingerprint density at radius 2 is 1.95 bits per heavy atom. The topological polar surface area (TPSA) is 102 Å². The molecule has 0 bridgehead atoms. The Morgan fingerprint density at radius 1 is 1.42 bits per heavy atom. The van der Waals surface area contributed by atoms with Gasteiger partial charge < -0.3 is 5.32 Å². The highest BCUT2D eigenvalue weighted by molar-refractivity contribution is 5.82. The molecule has 0 fully saturated rings. The second kappa shape index (κ2) is 7.16. The zero-order valence-corrected chi connectivity index (χ0v) is 12.2. The maximum absolute atomic E-state index is 11.9. The first-order valence-electron chi connectivity index (χ1n) is 6.40. The van der Waals surface area contributed by atoms with Crippen molar-refractivity contribution in [3.63, 3.8) is 0 Å². The van der Waals surface area contributed by atoms with Gasteiger partial charge in [-0.2, -0.15) is 0 Å². The lowest BCUT2D eigenvalue weighted by Crippen LogP contribution is -2.46. The predicted octanol–water partition coefficient (Wildman–Crippen LogP) is 2.12. The number of hydrogen-bond donors (Lipinski definition) is 1. The first-order chi connectivity index (χ1) is 8.62. The zero-order chi connectivity index (χ0) is 15.2. The van der Waals surface area contributed by atoms with Crippen LogP contribution in [0.2, 0.25) is 0 Å². The second-order valence-corrected chi connectivity index (χ2v) is 5.79. The number of hydrogen-bond acceptors (Lipinski definition) is 5. The Bertz CT molecular complexity index is 338. The summed E-state index contributed by atoms with van der Waals surface area (Å²) in [6.45, 7) is 8.67. The lowest BCUT2D eigenvalue weighted by atomic mass is 9.91. The van der Waals surface area contributed by atoms with E-state index in [1.807, 2.05) is 0 Å². The average molecular weight is 273 g/mol. The third-order valence-corrected chi connectivity index (χ3v) is 2.99. The quantitative estimate of drug-likeness (QED) is 0.436. The zero-order valence-electron chi connectivity index (χ0n) is 12.2. The summed E-state index contributed by atoms with van der Waals surface area (Å²) < 4.78 is 0. The molecule has 0 aromatic carbocycles. The third-order valence-electron chi connectivity index (χ3n) is 2.99. The van der Waals surface area contributed by atoms with Gasteiger partial charge in [-0.3, -0.25) is 14.9 Å². The largest absolute Gasteiger partial charge is 0.350 e. The summed E-state index contributed by atoms with van der Waals surface area (Å²) in [4.78, 5) is 33.0. The summed E-state index contributed by atoms with van der Waals surface area (Å²) in [5, 5.41) is 16.2. The molecule has 7 nitrogen and oxygen atoms in total. The van der Waals surface area contributed by atoms with Gasteiger partial charge in [0.2, 0.25) is 11.9 Å². The molecule has 1 N–H and O–H groups in total. The number of nitrogens with zero attached hydrogens (tertiary/aromatic N) is 2. The van der Waals surface area contributed by atoms with Gasteiger partial charge in [-0.1, -0.05) is 12.1 Å². The fourth-order valence-corrected chi connectivity index (χ4v) is 1.81. The van der Waals surface area contributed by atoms with E-state index in [4.69, 9.17) is 0 Å². The number of rotatable bonds is 7. The number of carbonyl (C=O) groups excluding carboxylic acids is 1. The fourth-order valence-electron chi connectivity index (χ4n) is 1.81. The van der Waals surface area contributed by atoms with Crippen LogP contribution in [0.5, 0.6) is 0 Å². The lowest BCUT2D eigenvalue weighted by molar-refractivity contribution is -0.528. The first kappa shape index (κ1) is 17.5. The van der Waals surface area contributed by atoms with E-state index in [1.165, 1.54) is 6.92 Å². The van der Waals surface area contributed by atoms with Crippen molar-refractivity contribution in [1.82, 2.24) is 5.32 Å². The number of nitro groups is 1. The molecule has 0 rings (SSSR count). The van der Waals surface area contributed by atoms with Crippen LogP contribution in [0.25, 0.3) is 0 Å². The van der Waals surface area contributed by atoms with Crippen LogP contribution >= 0.6 is 0 Å². The van der Waals surface area contributed by atoms with Crippen molar-refractivity contribution in [1.29, 1.82) is 0 Å². The average Bonchev–Trinajstić information content (AvgIpc) is 2.27. The molecular formula is C12H23N3O4. The van der Waals surface area contributed by atoms with Crippen LogP contribution in [-0.2, 0) is 4.79 Å². The fraction of sp³-hybridized carbons (Fsp3) is 0.917. The Kier molecular flexibility index (Phi) is 6.58. The van der Waals surface area contributed by atoms with E-state index < -0.39 is 28.5 Å². The molecule has 0 radical (unpaired) electrons. The van der Waals surface area contributed by atoms with Crippen molar-refractivity contribution >= 4 is 5.91 Å². The molecule has 0 aliphatic heterocycles. The minimum absolute atomic E-state index is 0.101. The normalized spacial score (nSPS) is 16.3. The van der Waals surface area contributed by atoms with Crippen LogP contribution in [0.15, 0.2) is 5.18 Å². The van der Waals surface area contributed by atoms with Gasteiger partial charge in [-0.25, -0.2) is 0 Å². The first-order valence-corrected chi connectivity index (χ1v) is 6.40. The molecule has 7 heteroatoms. The van der Waals surface area contributed by atoms with E-state index in [2.05, 4.69) is 10.5 Å². The van der Waals surface area contributed by atoms with Crippen molar-refractivity contribution < 1.29 is 9.72 Å². The van der Waals surface area contributed by atoms with Gasteiger partial charge in [0.15, 0.2) is 6.04 Å². The van der Waals surface area contributed by atoms with E-state index in [-0.39, 0.29) is 12.3 Å². The van der Waals surface area contributed by atoms with Crippen molar-refractivity contribution in [2.24, 2.45) is 11.1 Å². The highest BCUT2D eigenvalue weighted by atomic mass is 16.6. The van der Waals surface area contributed by atoms with Gasteiger partial charge in [-0.15, -0.1) is 4.91 Å². The maximum atomic E-state index is 11.9. The molecule has 0 aliphatic carbocycles. The smallest absolute Gasteiger partial charge is 0.248 e. The van der Waals surface area contributed by atoms with E-state index in [1.54, 1.807) is 27.7 Å². The van der Waals surface area contributed by atoms with Crippen LogP contribution in [0, 0.1) is 20.9 Å². The summed E-state index contributed by atoms with van der Waals surface area (Å²) in [5.41, 5.74) is -0.462. The van der Waals surface area contributed by atoms with Crippen LogP contribution in [0.4, 0.5) is 0 Å². The molecule has 0 aliphatic rings. The van der Waals surface area contributed by atoms with Gasteiger partial charge in [-0.05, 0) is 33.6 Å². The van der Waals surface area contributed by atoms with Crippen molar-refractivity contribution in [2.45, 2.75) is 65.1 Å². The summed E-state index contributed by atoms with van der Waals surface area (Å²) >= 11 is 0. The molecule has 19 heavy (non-hydrogen) atoms. The molecule has 3 atom stereocenters. The van der Waals surface area contributed by atoms with Crippen LogP contribution in [-0.4, -0.2) is 28.5 Å². The highest BCUT2D eigenvalue weighted by Crippen LogP contribution is 2.20. The summed E-state index contributed by atoms with van der Waals surface area (Å²) in [5.74, 6) is -0.820.